The first-order valence-electron chi connectivity index (χ1n) is 5.81. The highest BCUT2D eigenvalue weighted by atomic mass is 16.2. The second-order valence-corrected chi connectivity index (χ2v) is 4.86. The molecule has 1 aliphatic heterocycles. The van der Waals surface area contributed by atoms with Crippen molar-refractivity contribution in [3.63, 3.8) is 0 Å². The Hall–Kier alpha value is -0.860. The molecular formula is C12H21NO2. The molecule has 3 heteroatoms. The number of piperidine rings is 1. The van der Waals surface area contributed by atoms with E-state index in [1.807, 2.05) is 11.8 Å². The van der Waals surface area contributed by atoms with Crippen LogP contribution in [0.2, 0.25) is 0 Å². The van der Waals surface area contributed by atoms with Crippen molar-refractivity contribution in [1.82, 2.24) is 4.90 Å². The fourth-order valence-electron chi connectivity index (χ4n) is 2.23. The fourth-order valence-corrected chi connectivity index (χ4v) is 2.23. The van der Waals surface area contributed by atoms with Crippen molar-refractivity contribution in [3.8, 4) is 0 Å². The summed E-state index contributed by atoms with van der Waals surface area (Å²) in [5.41, 5.74) is 0. The van der Waals surface area contributed by atoms with Gasteiger partial charge in [0.25, 0.3) is 0 Å². The summed E-state index contributed by atoms with van der Waals surface area (Å²) in [7, 11) is 0. The first kappa shape index (κ1) is 12.2. The maximum Gasteiger partial charge on any atom is 0.222 e. The molecule has 0 bridgehead atoms. The number of carbonyl (C=O) groups excluding carboxylic acids is 2. The molecule has 1 amide bonds. The number of carbonyl (C=O) groups is 2. The molecule has 3 nitrogen and oxygen atoms in total. The summed E-state index contributed by atoms with van der Waals surface area (Å²) in [4.78, 5) is 24.3. The molecule has 1 fully saturated rings. The molecular weight excluding hydrogens is 190 g/mol. The van der Waals surface area contributed by atoms with Crippen LogP contribution in [0.3, 0.4) is 0 Å². The van der Waals surface area contributed by atoms with Gasteiger partial charge in [0.2, 0.25) is 5.91 Å². The summed E-state index contributed by atoms with van der Waals surface area (Å²) in [6.07, 6.45) is 3.65. The van der Waals surface area contributed by atoms with Gasteiger partial charge in [0.1, 0.15) is 6.29 Å². The van der Waals surface area contributed by atoms with E-state index < -0.39 is 0 Å². The van der Waals surface area contributed by atoms with Crippen molar-refractivity contribution < 1.29 is 9.59 Å². The van der Waals surface area contributed by atoms with Gasteiger partial charge in [-0.05, 0) is 18.8 Å². The van der Waals surface area contributed by atoms with Gasteiger partial charge in [0, 0.05) is 24.9 Å². The Kier molecular flexibility index (Phi) is 4.30. The van der Waals surface area contributed by atoms with E-state index in [0.29, 0.717) is 24.9 Å². The average Bonchev–Trinajstić information content (AvgIpc) is 2.20. The minimum atomic E-state index is -0.0479. The molecule has 2 atom stereocenters. The fraction of sp³-hybridized carbons (Fsp3) is 0.833. The van der Waals surface area contributed by atoms with E-state index in [4.69, 9.17) is 0 Å². The van der Waals surface area contributed by atoms with E-state index in [0.717, 1.165) is 19.1 Å². The van der Waals surface area contributed by atoms with Crippen molar-refractivity contribution in [2.75, 3.05) is 6.54 Å². The van der Waals surface area contributed by atoms with Crippen molar-refractivity contribution in [1.29, 1.82) is 0 Å². The van der Waals surface area contributed by atoms with Gasteiger partial charge in [-0.2, -0.15) is 0 Å². The Bertz CT molecular complexity index is 238. The van der Waals surface area contributed by atoms with Crippen LogP contribution in [0.1, 0.15) is 40.0 Å². The smallest absolute Gasteiger partial charge is 0.222 e. The summed E-state index contributed by atoms with van der Waals surface area (Å²) in [5.74, 6) is 0.648. The maximum atomic E-state index is 11.8. The van der Waals surface area contributed by atoms with Crippen LogP contribution < -0.4 is 0 Å². The van der Waals surface area contributed by atoms with Gasteiger partial charge >= 0.3 is 0 Å². The van der Waals surface area contributed by atoms with E-state index in [2.05, 4.69) is 13.8 Å². The Morgan fingerprint density at radius 1 is 1.47 bits per heavy atom. The predicted molar refractivity (Wildman–Crippen MR) is 59.4 cm³/mol. The van der Waals surface area contributed by atoms with E-state index in [1.54, 1.807) is 0 Å². The third-order valence-electron chi connectivity index (χ3n) is 3.10. The minimum absolute atomic E-state index is 0.0479. The summed E-state index contributed by atoms with van der Waals surface area (Å²) in [6.45, 7) is 6.74. The molecule has 86 valence electrons. The third-order valence-corrected chi connectivity index (χ3v) is 3.10. The van der Waals surface area contributed by atoms with E-state index >= 15 is 0 Å². The second-order valence-electron chi connectivity index (χ2n) is 4.86. The number of nitrogens with zero attached hydrogens (tertiary/aromatic N) is 1. The lowest BCUT2D eigenvalue weighted by Crippen LogP contribution is -2.48. The number of hydrogen-bond acceptors (Lipinski definition) is 2. The molecule has 0 aromatic rings. The summed E-state index contributed by atoms with van der Waals surface area (Å²) in [5, 5.41) is 0. The number of aldehydes is 1. The van der Waals surface area contributed by atoms with Gasteiger partial charge in [-0.1, -0.05) is 20.8 Å². The molecule has 1 aliphatic rings. The van der Waals surface area contributed by atoms with Crippen molar-refractivity contribution in [2.45, 2.75) is 46.1 Å². The molecule has 0 aromatic carbocycles. The van der Waals surface area contributed by atoms with Crippen LogP contribution in [-0.4, -0.2) is 29.7 Å². The standard InChI is InChI=1S/C12H21NO2/c1-9(2)11-5-4-6-12(15)13(11)7-10(3)8-14/h8-11H,4-7H2,1-3H3. The van der Waals surface area contributed by atoms with Crippen molar-refractivity contribution in [2.24, 2.45) is 11.8 Å². The first-order chi connectivity index (χ1) is 7.06. The van der Waals surface area contributed by atoms with Gasteiger partial charge in [-0.25, -0.2) is 0 Å². The Balaban J connectivity index is 2.68. The highest BCUT2D eigenvalue weighted by molar-refractivity contribution is 5.77. The van der Waals surface area contributed by atoms with Crippen molar-refractivity contribution in [3.05, 3.63) is 0 Å². The predicted octanol–water partition coefficient (Wildman–Crippen LogP) is 1.86. The molecule has 0 aliphatic carbocycles. The Morgan fingerprint density at radius 2 is 2.13 bits per heavy atom. The van der Waals surface area contributed by atoms with Crippen molar-refractivity contribution >= 4 is 12.2 Å². The molecule has 1 saturated heterocycles. The van der Waals surface area contributed by atoms with Crippen LogP contribution in [0.25, 0.3) is 0 Å². The highest BCUT2D eigenvalue weighted by Crippen LogP contribution is 2.24. The Labute approximate surface area is 91.8 Å². The van der Waals surface area contributed by atoms with Crippen LogP contribution in [0.15, 0.2) is 0 Å². The maximum absolute atomic E-state index is 11.8. The summed E-state index contributed by atoms with van der Waals surface area (Å²) in [6, 6.07) is 0.327. The third kappa shape index (κ3) is 3.05. The van der Waals surface area contributed by atoms with E-state index in [-0.39, 0.29) is 11.8 Å². The second kappa shape index (κ2) is 5.29. The Morgan fingerprint density at radius 3 is 2.67 bits per heavy atom. The topological polar surface area (TPSA) is 37.4 Å². The molecule has 1 heterocycles. The number of likely N-dealkylation sites (tertiary alicyclic amines) is 1. The lowest BCUT2D eigenvalue weighted by molar-refractivity contribution is -0.138. The lowest BCUT2D eigenvalue weighted by atomic mass is 9.91. The van der Waals surface area contributed by atoms with Gasteiger partial charge in [0.15, 0.2) is 0 Å². The summed E-state index contributed by atoms with van der Waals surface area (Å²) < 4.78 is 0. The number of amides is 1. The highest BCUT2D eigenvalue weighted by Gasteiger charge is 2.30. The zero-order chi connectivity index (χ0) is 11.4. The SMILES string of the molecule is CC(C=O)CN1C(=O)CCCC1C(C)C. The molecule has 0 spiro atoms. The van der Waals surface area contributed by atoms with Gasteiger partial charge in [-0.3, -0.25) is 4.79 Å². The molecule has 0 radical (unpaired) electrons. The molecule has 0 N–H and O–H groups in total. The quantitative estimate of drug-likeness (QED) is 0.666. The molecule has 2 unspecified atom stereocenters. The van der Waals surface area contributed by atoms with E-state index in [1.165, 1.54) is 0 Å². The van der Waals surface area contributed by atoms with Crippen LogP contribution in [-0.2, 0) is 9.59 Å². The van der Waals surface area contributed by atoms with Crippen LogP contribution in [0.4, 0.5) is 0 Å². The molecule has 0 saturated carbocycles. The average molecular weight is 211 g/mol. The number of hydrogen-bond donors (Lipinski definition) is 0. The van der Waals surface area contributed by atoms with E-state index in [9.17, 15) is 9.59 Å². The molecule has 15 heavy (non-hydrogen) atoms. The zero-order valence-corrected chi connectivity index (χ0v) is 9.90. The zero-order valence-electron chi connectivity index (χ0n) is 9.90. The minimum Gasteiger partial charge on any atom is -0.339 e. The lowest BCUT2D eigenvalue weighted by Gasteiger charge is -2.39. The monoisotopic (exact) mass is 211 g/mol. The first-order valence-corrected chi connectivity index (χ1v) is 5.81. The molecule has 0 aromatic heterocycles. The normalized spacial score (nSPS) is 24.4. The largest absolute Gasteiger partial charge is 0.339 e. The van der Waals surface area contributed by atoms with Crippen LogP contribution in [0.5, 0.6) is 0 Å². The van der Waals surface area contributed by atoms with Crippen LogP contribution >= 0.6 is 0 Å². The number of rotatable bonds is 4. The molecule has 1 rings (SSSR count). The van der Waals surface area contributed by atoms with Crippen LogP contribution in [0, 0.1) is 11.8 Å². The van der Waals surface area contributed by atoms with Gasteiger partial charge in [0.05, 0.1) is 0 Å². The van der Waals surface area contributed by atoms with Gasteiger partial charge < -0.3 is 9.69 Å². The van der Waals surface area contributed by atoms with Gasteiger partial charge in [-0.15, -0.1) is 0 Å². The summed E-state index contributed by atoms with van der Waals surface area (Å²) >= 11 is 0.